The fourth-order valence-electron chi connectivity index (χ4n) is 2.88. The summed E-state index contributed by atoms with van der Waals surface area (Å²) in [6.45, 7) is 3.48. The molecule has 0 radical (unpaired) electrons. The van der Waals surface area contributed by atoms with Gasteiger partial charge in [0.15, 0.2) is 0 Å². The summed E-state index contributed by atoms with van der Waals surface area (Å²) in [6, 6.07) is 15.7. The van der Waals surface area contributed by atoms with Crippen molar-refractivity contribution in [2.24, 2.45) is 0 Å². The van der Waals surface area contributed by atoms with Crippen molar-refractivity contribution >= 4 is 21.9 Å². The third kappa shape index (κ3) is 4.64. The summed E-state index contributed by atoms with van der Waals surface area (Å²) in [5.41, 5.74) is 4.59. The van der Waals surface area contributed by atoms with E-state index in [1.54, 1.807) is 13.0 Å². The molecule has 0 saturated carbocycles. The summed E-state index contributed by atoms with van der Waals surface area (Å²) < 4.78 is 8.03. The van der Waals surface area contributed by atoms with Crippen molar-refractivity contribution in [3.05, 3.63) is 75.9 Å². The Hall–Kier alpha value is -2.44. The highest BCUT2D eigenvalue weighted by atomic mass is 79.9. The number of aromatic nitrogens is 2. The van der Waals surface area contributed by atoms with Crippen LogP contribution in [-0.2, 0) is 17.8 Å². The van der Waals surface area contributed by atoms with E-state index < -0.39 is 0 Å². The van der Waals surface area contributed by atoms with Gasteiger partial charge in [-0.2, -0.15) is 5.10 Å². The van der Waals surface area contributed by atoms with Gasteiger partial charge in [0.2, 0.25) is 0 Å². The van der Waals surface area contributed by atoms with E-state index in [1.165, 1.54) is 5.56 Å². The van der Waals surface area contributed by atoms with E-state index in [9.17, 15) is 4.79 Å². The van der Waals surface area contributed by atoms with Crippen molar-refractivity contribution in [3.63, 3.8) is 0 Å². The van der Waals surface area contributed by atoms with E-state index in [1.807, 2.05) is 42.2 Å². The van der Waals surface area contributed by atoms with Crippen molar-refractivity contribution in [1.29, 1.82) is 0 Å². The lowest BCUT2D eigenvalue weighted by atomic mass is 10.1. The molecule has 0 amide bonds. The number of nitrogens with one attached hydrogen (secondary N) is 1. The van der Waals surface area contributed by atoms with Gasteiger partial charge in [0, 0.05) is 22.8 Å². The lowest BCUT2D eigenvalue weighted by Gasteiger charge is -2.09. The molecule has 0 aliphatic carbocycles. The number of carbonyl (C=O) groups excluding carboxylic acids is 1. The van der Waals surface area contributed by atoms with Crippen LogP contribution < -0.4 is 5.32 Å². The quantitative estimate of drug-likeness (QED) is 0.572. The molecule has 1 heterocycles. The highest BCUT2D eigenvalue weighted by Gasteiger charge is 2.13. The van der Waals surface area contributed by atoms with Crippen LogP contribution in [0.1, 0.15) is 28.4 Å². The van der Waals surface area contributed by atoms with Crippen LogP contribution in [0, 0.1) is 0 Å². The lowest BCUT2D eigenvalue weighted by Crippen LogP contribution is -2.11. The number of nitrogens with zero attached hydrogens (tertiary/aromatic N) is 2. The van der Waals surface area contributed by atoms with Crippen LogP contribution in [-0.4, -0.2) is 29.4 Å². The van der Waals surface area contributed by atoms with Crippen LogP contribution in [0.4, 0.5) is 0 Å². The Morgan fingerprint density at radius 3 is 2.74 bits per heavy atom. The Kier molecular flexibility index (Phi) is 6.42. The fraction of sp³-hybridized carbons (Fsp3) is 0.238. The van der Waals surface area contributed by atoms with Crippen molar-refractivity contribution in [3.8, 4) is 11.3 Å². The van der Waals surface area contributed by atoms with Gasteiger partial charge in [-0.15, -0.1) is 0 Å². The van der Waals surface area contributed by atoms with Crippen molar-refractivity contribution in [1.82, 2.24) is 15.1 Å². The van der Waals surface area contributed by atoms with Crippen molar-refractivity contribution in [2.45, 2.75) is 20.0 Å². The summed E-state index contributed by atoms with van der Waals surface area (Å²) in [7, 11) is 1.93. The zero-order valence-electron chi connectivity index (χ0n) is 15.4. The van der Waals surface area contributed by atoms with Gasteiger partial charge in [0.05, 0.1) is 24.4 Å². The minimum atomic E-state index is -0.301. The van der Waals surface area contributed by atoms with Crippen LogP contribution in [0.2, 0.25) is 0 Å². The molecule has 0 unspecified atom stereocenters. The molecule has 0 spiro atoms. The SMILES string of the molecule is CCOC(=O)c1ccccc1Cn1ccc(-c2ccc(CNC)c(Br)c2)n1. The second-order valence-electron chi connectivity index (χ2n) is 6.11. The average molecular weight is 428 g/mol. The summed E-state index contributed by atoms with van der Waals surface area (Å²) in [5, 5.41) is 7.82. The largest absolute Gasteiger partial charge is 0.462 e. The minimum absolute atomic E-state index is 0.301. The summed E-state index contributed by atoms with van der Waals surface area (Å²) in [5.74, 6) is -0.301. The first kappa shape index (κ1) is 19.3. The smallest absolute Gasteiger partial charge is 0.338 e. The summed E-state index contributed by atoms with van der Waals surface area (Å²) in [6.07, 6.45) is 1.92. The second-order valence-corrected chi connectivity index (χ2v) is 6.97. The number of hydrogen-bond acceptors (Lipinski definition) is 4. The monoisotopic (exact) mass is 427 g/mol. The third-order valence-corrected chi connectivity index (χ3v) is 4.94. The minimum Gasteiger partial charge on any atom is -0.462 e. The Morgan fingerprint density at radius 1 is 1.19 bits per heavy atom. The van der Waals surface area contributed by atoms with Crippen LogP contribution in [0.15, 0.2) is 59.2 Å². The lowest BCUT2D eigenvalue weighted by molar-refractivity contribution is 0.0525. The predicted molar refractivity (Wildman–Crippen MR) is 110 cm³/mol. The molecule has 3 rings (SSSR count). The van der Waals surface area contributed by atoms with E-state index in [-0.39, 0.29) is 5.97 Å². The molecular formula is C21H22BrN3O2. The van der Waals surface area contributed by atoms with Gasteiger partial charge < -0.3 is 10.1 Å². The van der Waals surface area contributed by atoms with Gasteiger partial charge in [-0.05, 0) is 43.3 Å². The standard InChI is InChI=1S/C21H22BrN3O2/c1-3-27-21(26)18-7-5-4-6-17(18)14-25-11-10-20(24-25)15-8-9-16(13-23-2)19(22)12-15/h4-12,23H,3,13-14H2,1-2H3. The molecule has 140 valence electrons. The van der Waals surface area contributed by atoms with E-state index in [0.717, 1.165) is 27.8 Å². The van der Waals surface area contributed by atoms with Crippen LogP contribution in [0.5, 0.6) is 0 Å². The first-order valence-electron chi connectivity index (χ1n) is 8.84. The molecule has 1 aromatic heterocycles. The van der Waals surface area contributed by atoms with Gasteiger partial charge in [-0.1, -0.05) is 46.3 Å². The van der Waals surface area contributed by atoms with Gasteiger partial charge >= 0.3 is 5.97 Å². The van der Waals surface area contributed by atoms with Gasteiger partial charge in [0.1, 0.15) is 0 Å². The number of rotatable bonds is 7. The zero-order valence-corrected chi connectivity index (χ0v) is 17.0. The number of esters is 1. The molecule has 0 fully saturated rings. The molecule has 0 aliphatic rings. The Balaban J connectivity index is 1.81. The molecule has 0 bridgehead atoms. The van der Waals surface area contributed by atoms with Gasteiger partial charge in [-0.25, -0.2) is 4.79 Å². The maximum absolute atomic E-state index is 12.1. The number of benzene rings is 2. The summed E-state index contributed by atoms with van der Waals surface area (Å²) >= 11 is 3.62. The van der Waals surface area contributed by atoms with Crippen LogP contribution >= 0.6 is 15.9 Å². The third-order valence-electron chi connectivity index (χ3n) is 4.20. The Morgan fingerprint density at radius 2 is 2.00 bits per heavy atom. The topological polar surface area (TPSA) is 56.1 Å². The van der Waals surface area contributed by atoms with Crippen LogP contribution in [0.25, 0.3) is 11.3 Å². The summed E-state index contributed by atoms with van der Waals surface area (Å²) in [4.78, 5) is 12.1. The molecule has 1 N–H and O–H groups in total. The van der Waals surface area contributed by atoms with E-state index in [2.05, 4.69) is 44.5 Å². The van der Waals surface area contributed by atoms with E-state index in [4.69, 9.17) is 4.74 Å². The molecule has 27 heavy (non-hydrogen) atoms. The number of hydrogen-bond donors (Lipinski definition) is 1. The van der Waals surface area contributed by atoms with E-state index in [0.29, 0.717) is 18.7 Å². The van der Waals surface area contributed by atoms with Crippen molar-refractivity contribution in [2.75, 3.05) is 13.7 Å². The normalized spacial score (nSPS) is 10.8. The van der Waals surface area contributed by atoms with Gasteiger partial charge in [0.25, 0.3) is 0 Å². The maximum atomic E-state index is 12.1. The first-order valence-corrected chi connectivity index (χ1v) is 9.63. The molecule has 5 nitrogen and oxygen atoms in total. The fourth-order valence-corrected chi connectivity index (χ4v) is 3.40. The Bertz CT molecular complexity index is 937. The maximum Gasteiger partial charge on any atom is 0.338 e. The number of ether oxygens (including phenoxy) is 1. The van der Waals surface area contributed by atoms with Crippen molar-refractivity contribution < 1.29 is 9.53 Å². The van der Waals surface area contributed by atoms with E-state index >= 15 is 0 Å². The predicted octanol–water partition coefficient (Wildman–Crippen LogP) is 4.26. The highest BCUT2D eigenvalue weighted by Crippen LogP contribution is 2.25. The number of halogens is 1. The zero-order chi connectivity index (χ0) is 19.2. The average Bonchev–Trinajstić information content (AvgIpc) is 3.13. The van der Waals surface area contributed by atoms with Crippen LogP contribution in [0.3, 0.4) is 0 Å². The van der Waals surface area contributed by atoms with Gasteiger partial charge in [-0.3, -0.25) is 4.68 Å². The molecule has 2 aromatic carbocycles. The molecule has 0 saturated heterocycles. The second kappa shape index (κ2) is 8.97. The Labute approximate surface area is 167 Å². The molecular weight excluding hydrogens is 406 g/mol. The molecule has 0 atom stereocenters. The molecule has 3 aromatic rings. The molecule has 0 aliphatic heterocycles. The highest BCUT2D eigenvalue weighted by molar-refractivity contribution is 9.10. The molecule has 6 heteroatoms. The number of carbonyl (C=O) groups is 1. The first-order chi connectivity index (χ1) is 13.1.